The van der Waals surface area contributed by atoms with Crippen LogP contribution in [0.15, 0.2) is 17.9 Å². The van der Waals surface area contributed by atoms with Crippen molar-refractivity contribution in [3.05, 3.63) is 39.6 Å². The van der Waals surface area contributed by atoms with Crippen LogP contribution in [0.2, 0.25) is 5.02 Å². The van der Waals surface area contributed by atoms with Crippen LogP contribution in [0.1, 0.15) is 36.5 Å². The third-order valence-electron chi connectivity index (χ3n) is 5.84. The van der Waals surface area contributed by atoms with Gasteiger partial charge in [-0.1, -0.05) is 11.6 Å². The highest BCUT2D eigenvalue weighted by Gasteiger charge is 2.54. The summed E-state index contributed by atoms with van der Waals surface area (Å²) in [5.74, 6) is 0.170. The van der Waals surface area contributed by atoms with Crippen molar-refractivity contribution in [1.82, 2.24) is 9.96 Å². The minimum Gasteiger partial charge on any atom is -0.434 e. The second kappa shape index (κ2) is 8.34. The average Bonchev–Trinajstić information content (AvgIpc) is 2.88. The van der Waals surface area contributed by atoms with E-state index in [1.807, 2.05) is 31.0 Å². The molecule has 1 aromatic rings. The van der Waals surface area contributed by atoms with Gasteiger partial charge in [0, 0.05) is 25.2 Å². The Labute approximate surface area is 176 Å². The summed E-state index contributed by atoms with van der Waals surface area (Å²) in [6, 6.07) is 3.70. The molecule has 1 saturated heterocycles. The standard InChI is InChI=1S/C21H27ClN2O5/c1-6-28-20(26)29-18-17(15-11-14(3)16(22)12-13(15)2)19(25)23(4)21(18)7-9-24(27-5)10-8-21/h11-12H,6-10H2,1-5H3. The molecule has 0 aliphatic carbocycles. The van der Waals surface area contributed by atoms with Crippen LogP contribution < -0.4 is 0 Å². The number of carbonyl (C=O) groups excluding carboxylic acids is 2. The Hall–Kier alpha value is -2.09. The Morgan fingerprint density at radius 1 is 1.21 bits per heavy atom. The van der Waals surface area contributed by atoms with Gasteiger partial charge in [-0.3, -0.25) is 4.79 Å². The molecular formula is C21H27ClN2O5. The van der Waals surface area contributed by atoms with Crippen LogP contribution in [0, 0.1) is 13.8 Å². The van der Waals surface area contributed by atoms with E-state index >= 15 is 0 Å². The lowest BCUT2D eigenvalue weighted by Crippen LogP contribution is -2.53. The number of hydrogen-bond acceptors (Lipinski definition) is 6. The first-order valence-corrected chi connectivity index (χ1v) is 10.1. The van der Waals surface area contributed by atoms with E-state index in [0.29, 0.717) is 47.8 Å². The number of halogens is 1. The highest BCUT2D eigenvalue weighted by Crippen LogP contribution is 2.47. The van der Waals surface area contributed by atoms with Crippen LogP contribution in [0.25, 0.3) is 5.57 Å². The van der Waals surface area contributed by atoms with E-state index in [0.717, 1.165) is 11.1 Å². The number of aryl methyl sites for hydroxylation is 2. The molecule has 1 aromatic carbocycles. The van der Waals surface area contributed by atoms with Crippen molar-refractivity contribution in [1.29, 1.82) is 0 Å². The number of ether oxygens (including phenoxy) is 2. The molecule has 0 radical (unpaired) electrons. The van der Waals surface area contributed by atoms with Gasteiger partial charge in [0.15, 0.2) is 5.76 Å². The number of nitrogens with zero attached hydrogens (tertiary/aromatic N) is 2. The number of rotatable bonds is 4. The molecule has 2 aliphatic heterocycles. The Bertz CT molecular complexity index is 859. The SMILES string of the molecule is CCOC(=O)OC1=C(c2cc(C)c(Cl)cc2C)C(=O)N(C)C12CCN(OC)CC2. The number of benzene rings is 1. The molecule has 0 saturated carbocycles. The fraction of sp³-hybridized carbons (Fsp3) is 0.524. The molecule has 29 heavy (non-hydrogen) atoms. The molecule has 3 rings (SSSR count). The summed E-state index contributed by atoms with van der Waals surface area (Å²) in [5, 5.41) is 2.46. The van der Waals surface area contributed by atoms with Gasteiger partial charge in [-0.2, -0.15) is 5.06 Å². The topological polar surface area (TPSA) is 68.3 Å². The van der Waals surface area contributed by atoms with Crippen molar-refractivity contribution in [2.75, 3.05) is 33.9 Å². The molecule has 2 aliphatic rings. The monoisotopic (exact) mass is 422 g/mol. The number of hydrogen-bond donors (Lipinski definition) is 0. The molecule has 0 bridgehead atoms. The summed E-state index contributed by atoms with van der Waals surface area (Å²) in [7, 11) is 3.38. The Morgan fingerprint density at radius 3 is 2.45 bits per heavy atom. The first-order valence-electron chi connectivity index (χ1n) is 9.68. The summed E-state index contributed by atoms with van der Waals surface area (Å²) in [6.07, 6.45) is 0.347. The third-order valence-corrected chi connectivity index (χ3v) is 6.25. The van der Waals surface area contributed by atoms with Gasteiger partial charge in [-0.15, -0.1) is 0 Å². The zero-order chi connectivity index (χ0) is 21.3. The lowest BCUT2D eigenvalue weighted by Gasteiger charge is -2.43. The largest absolute Gasteiger partial charge is 0.513 e. The molecule has 1 fully saturated rings. The molecule has 2 heterocycles. The summed E-state index contributed by atoms with van der Waals surface area (Å²) in [6.45, 7) is 6.89. The van der Waals surface area contributed by atoms with Gasteiger partial charge in [0.25, 0.3) is 5.91 Å². The van der Waals surface area contributed by atoms with Crippen LogP contribution in [0.5, 0.6) is 0 Å². The molecule has 0 N–H and O–H groups in total. The van der Waals surface area contributed by atoms with Crippen molar-refractivity contribution in [2.24, 2.45) is 0 Å². The maximum absolute atomic E-state index is 13.4. The van der Waals surface area contributed by atoms with E-state index < -0.39 is 11.7 Å². The first-order chi connectivity index (χ1) is 13.7. The van der Waals surface area contributed by atoms with Crippen LogP contribution in [0.4, 0.5) is 4.79 Å². The Kier molecular flexibility index (Phi) is 6.22. The van der Waals surface area contributed by atoms with Gasteiger partial charge >= 0.3 is 6.16 Å². The van der Waals surface area contributed by atoms with Gasteiger partial charge in [-0.25, -0.2) is 4.79 Å². The second-order valence-electron chi connectivity index (χ2n) is 7.41. The smallest absolute Gasteiger partial charge is 0.434 e. The lowest BCUT2D eigenvalue weighted by atomic mass is 9.84. The van der Waals surface area contributed by atoms with E-state index in [-0.39, 0.29) is 12.5 Å². The van der Waals surface area contributed by atoms with Crippen molar-refractivity contribution < 1.29 is 23.9 Å². The third kappa shape index (κ3) is 3.74. The van der Waals surface area contributed by atoms with Gasteiger partial charge in [0.05, 0.1) is 19.3 Å². The van der Waals surface area contributed by atoms with Crippen LogP contribution in [-0.2, 0) is 19.1 Å². The lowest BCUT2D eigenvalue weighted by molar-refractivity contribution is -0.162. The number of carbonyl (C=O) groups is 2. The molecule has 0 atom stereocenters. The normalized spacial score (nSPS) is 19.2. The fourth-order valence-electron chi connectivity index (χ4n) is 4.11. The predicted octanol–water partition coefficient (Wildman–Crippen LogP) is 3.71. The number of likely N-dealkylation sites (N-methyl/N-ethyl adjacent to an activating group) is 1. The van der Waals surface area contributed by atoms with E-state index in [4.69, 9.17) is 25.9 Å². The highest BCUT2D eigenvalue weighted by atomic mass is 35.5. The summed E-state index contributed by atoms with van der Waals surface area (Å²) < 4.78 is 10.7. The molecule has 158 valence electrons. The predicted molar refractivity (Wildman–Crippen MR) is 109 cm³/mol. The van der Waals surface area contributed by atoms with Crippen LogP contribution in [-0.4, -0.2) is 61.4 Å². The number of hydroxylamine groups is 2. The molecule has 8 heteroatoms. The summed E-state index contributed by atoms with van der Waals surface area (Å²) in [5.41, 5.74) is 2.07. The van der Waals surface area contributed by atoms with Gasteiger partial charge in [0.1, 0.15) is 5.54 Å². The zero-order valence-corrected chi connectivity index (χ0v) is 18.3. The maximum Gasteiger partial charge on any atom is 0.513 e. The van der Waals surface area contributed by atoms with E-state index in [2.05, 4.69) is 0 Å². The Balaban J connectivity index is 2.16. The van der Waals surface area contributed by atoms with Crippen molar-refractivity contribution in [2.45, 2.75) is 39.2 Å². The summed E-state index contributed by atoms with van der Waals surface area (Å²) >= 11 is 6.26. The molecule has 1 amide bonds. The molecule has 0 aromatic heterocycles. The zero-order valence-electron chi connectivity index (χ0n) is 17.5. The minimum atomic E-state index is -0.806. The molecule has 7 nitrogen and oxygen atoms in total. The van der Waals surface area contributed by atoms with E-state index in [1.165, 1.54) is 0 Å². The average molecular weight is 423 g/mol. The number of piperidine rings is 1. The van der Waals surface area contributed by atoms with Crippen LogP contribution in [0.3, 0.4) is 0 Å². The Morgan fingerprint density at radius 2 is 1.86 bits per heavy atom. The van der Waals surface area contributed by atoms with Crippen molar-refractivity contribution in [3.8, 4) is 0 Å². The molecular weight excluding hydrogens is 396 g/mol. The van der Waals surface area contributed by atoms with Crippen molar-refractivity contribution >= 4 is 29.2 Å². The second-order valence-corrected chi connectivity index (χ2v) is 7.82. The summed E-state index contributed by atoms with van der Waals surface area (Å²) in [4.78, 5) is 32.7. The molecule has 1 spiro atoms. The maximum atomic E-state index is 13.4. The van der Waals surface area contributed by atoms with Crippen LogP contribution >= 0.6 is 11.6 Å². The van der Waals surface area contributed by atoms with E-state index in [1.54, 1.807) is 26.0 Å². The molecule has 0 unspecified atom stereocenters. The fourth-order valence-corrected chi connectivity index (χ4v) is 4.33. The first kappa shape index (κ1) is 21.6. The number of amides is 1. The van der Waals surface area contributed by atoms with Gasteiger partial charge < -0.3 is 19.2 Å². The quantitative estimate of drug-likeness (QED) is 0.689. The van der Waals surface area contributed by atoms with E-state index in [9.17, 15) is 9.59 Å². The van der Waals surface area contributed by atoms with Crippen molar-refractivity contribution in [3.63, 3.8) is 0 Å². The van der Waals surface area contributed by atoms with Gasteiger partial charge in [-0.05, 0) is 62.4 Å². The highest BCUT2D eigenvalue weighted by molar-refractivity contribution is 6.31. The van der Waals surface area contributed by atoms with Gasteiger partial charge in [0.2, 0.25) is 0 Å². The minimum absolute atomic E-state index is 0.181.